The first-order valence-electron chi connectivity index (χ1n) is 9.49. The summed E-state index contributed by atoms with van der Waals surface area (Å²) in [5.74, 6) is 0.436. The van der Waals surface area contributed by atoms with Gasteiger partial charge in [-0.2, -0.15) is 4.31 Å². The summed E-state index contributed by atoms with van der Waals surface area (Å²) in [6.45, 7) is 4.70. The number of piperidine rings is 1. The Balaban J connectivity index is 1.73. The van der Waals surface area contributed by atoms with Crippen molar-refractivity contribution in [3.05, 3.63) is 29.0 Å². The molecular formula is C18H24ClN5O3S2. The van der Waals surface area contributed by atoms with Crippen molar-refractivity contribution in [2.24, 2.45) is 0 Å². The Morgan fingerprint density at radius 3 is 2.72 bits per heavy atom. The number of H-pyrrole nitrogens is 1. The van der Waals surface area contributed by atoms with Crippen LogP contribution in [0.15, 0.2) is 28.3 Å². The standard InChI is InChI=1S/C18H24ClN5O3S2/c1-3-16-21-18(23-22-16)28-12(2)17(25)20-15-11-13(7-8-14(15)19)29(26,27)24-9-5-4-6-10-24/h7-8,11-12H,3-6,9-10H2,1-2H3,(H,20,25)(H,21,22,23)/t12-/m0/s1. The quantitative estimate of drug-likeness (QED) is 0.617. The van der Waals surface area contributed by atoms with Crippen LogP contribution in [0.4, 0.5) is 5.69 Å². The molecular weight excluding hydrogens is 434 g/mol. The SMILES string of the molecule is CCc1nc(S[C@@H](C)C(=O)Nc2cc(S(=O)(=O)N3CCCCC3)ccc2Cl)n[nH]1. The van der Waals surface area contributed by atoms with Gasteiger partial charge in [0.2, 0.25) is 21.1 Å². The van der Waals surface area contributed by atoms with Crippen LogP contribution in [0.2, 0.25) is 5.02 Å². The molecule has 29 heavy (non-hydrogen) atoms. The molecule has 0 radical (unpaired) electrons. The number of hydrogen-bond donors (Lipinski definition) is 2. The van der Waals surface area contributed by atoms with Gasteiger partial charge in [0.15, 0.2) is 0 Å². The monoisotopic (exact) mass is 457 g/mol. The molecule has 0 unspecified atom stereocenters. The number of thioether (sulfide) groups is 1. The Bertz CT molecular complexity index is 974. The van der Waals surface area contributed by atoms with Gasteiger partial charge in [0.1, 0.15) is 5.82 Å². The number of aromatic nitrogens is 3. The molecule has 1 fully saturated rings. The Morgan fingerprint density at radius 2 is 2.07 bits per heavy atom. The summed E-state index contributed by atoms with van der Waals surface area (Å²) in [5, 5.41) is 9.87. The zero-order valence-corrected chi connectivity index (χ0v) is 18.7. The van der Waals surface area contributed by atoms with Gasteiger partial charge in [-0.1, -0.05) is 36.7 Å². The molecule has 0 aliphatic carbocycles. The van der Waals surface area contributed by atoms with Gasteiger partial charge in [0, 0.05) is 19.5 Å². The molecule has 1 aromatic carbocycles. The predicted octanol–water partition coefficient (Wildman–Crippen LogP) is 3.31. The predicted molar refractivity (Wildman–Crippen MR) is 114 cm³/mol. The topological polar surface area (TPSA) is 108 Å². The first kappa shape index (κ1) is 22.1. The molecule has 2 aromatic rings. The Morgan fingerprint density at radius 1 is 1.34 bits per heavy atom. The number of nitrogens with one attached hydrogen (secondary N) is 2. The summed E-state index contributed by atoms with van der Waals surface area (Å²) in [6, 6.07) is 4.39. The summed E-state index contributed by atoms with van der Waals surface area (Å²) >= 11 is 7.41. The van der Waals surface area contributed by atoms with Crippen molar-refractivity contribution in [3.63, 3.8) is 0 Å². The summed E-state index contributed by atoms with van der Waals surface area (Å²) in [7, 11) is -3.61. The normalized spacial score (nSPS) is 16.5. The van der Waals surface area contributed by atoms with Crippen molar-refractivity contribution in [1.82, 2.24) is 19.5 Å². The number of carbonyl (C=O) groups excluding carboxylic acids is 1. The number of anilines is 1. The molecule has 8 nitrogen and oxygen atoms in total. The van der Waals surface area contributed by atoms with Crippen LogP contribution in [0.25, 0.3) is 0 Å². The smallest absolute Gasteiger partial charge is 0.243 e. The van der Waals surface area contributed by atoms with Gasteiger partial charge in [0.05, 0.1) is 20.9 Å². The zero-order valence-electron chi connectivity index (χ0n) is 16.3. The molecule has 0 bridgehead atoms. The minimum absolute atomic E-state index is 0.126. The third-order valence-corrected chi connectivity index (χ3v) is 7.83. The molecule has 2 N–H and O–H groups in total. The highest BCUT2D eigenvalue weighted by Gasteiger charge is 2.27. The van der Waals surface area contributed by atoms with E-state index in [9.17, 15) is 13.2 Å². The average Bonchev–Trinajstić information content (AvgIpc) is 3.17. The second-order valence-electron chi connectivity index (χ2n) is 6.77. The highest BCUT2D eigenvalue weighted by molar-refractivity contribution is 8.00. The Hall–Kier alpha value is -1.62. The first-order valence-corrected chi connectivity index (χ1v) is 12.2. The van der Waals surface area contributed by atoms with Crippen molar-refractivity contribution in [3.8, 4) is 0 Å². The first-order chi connectivity index (χ1) is 13.8. The highest BCUT2D eigenvalue weighted by Crippen LogP contribution is 2.29. The number of aryl methyl sites for hydroxylation is 1. The van der Waals surface area contributed by atoms with Crippen LogP contribution in [-0.2, 0) is 21.2 Å². The fourth-order valence-electron chi connectivity index (χ4n) is 2.95. The molecule has 11 heteroatoms. The van der Waals surface area contributed by atoms with E-state index in [1.54, 1.807) is 6.92 Å². The molecule has 158 valence electrons. The summed E-state index contributed by atoms with van der Waals surface area (Å²) in [5.41, 5.74) is 0.270. The number of nitrogens with zero attached hydrogens (tertiary/aromatic N) is 3. The lowest BCUT2D eigenvalue weighted by Gasteiger charge is -2.26. The van der Waals surface area contributed by atoms with E-state index in [-0.39, 0.29) is 21.5 Å². The molecule has 3 rings (SSSR count). The molecule has 1 atom stereocenters. The minimum Gasteiger partial charge on any atom is -0.324 e. The van der Waals surface area contributed by atoms with Crippen molar-refractivity contribution >= 4 is 45.0 Å². The van der Waals surface area contributed by atoms with Gasteiger partial charge in [0.25, 0.3) is 0 Å². The number of halogens is 1. The molecule has 1 amide bonds. The summed E-state index contributed by atoms with van der Waals surface area (Å²) < 4.78 is 27.3. The Kier molecular flexibility index (Phi) is 7.20. The van der Waals surface area contributed by atoms with E-state index in [0.29, 0.717) is 18.2 Å². The molecule has 1 aliphatic rings. The van der Waals surface area contributed by atoms with E-state index in [4.69, 9.17) is 11.6 Å². The van der Waals surface area contributed by atoms with Crippen molar-refractivity contribution in [2.75, 3.05) is 18.4 Å². The van der Waals surface area contributed by atoms with Gasteiger partial charge in [-0.3, -0.25) is 9.89 Å². The lowest BCUT2D eigenvalue weighted by Crippen LogP contribution is -2.35. The Labute approximate surface area is 179 Å². The van der Waals surface area contributed by atoms with Crippen LogP contribution in [0.3, 0.4) is 0 Å². The fourth-order valence-corrected chi connectivity index (χ4v) is 5.40. The number of rotatable bonds is 7. The lowest BCUT2D eigenvalue weighted by molar-refractivity contribution is -0.115. The number of hydrogen-bond acceptors (Lipinski definition) is 6. The maximum atomic E-state index is 12.9. The maximum Gasteiger partial charge on any atom is 0.243 e. The van der Waals surface area contributed by atoms with Gasteiger partial charge >= 0.3 is 0 Å². The highest BCUT2D eigenvalue weighted by atomic mass is 35.5. The largest absolute Gasteiger partial charge is 0.324 e. The average molecular weight is 458 g/mol. The van der Waals surface area contributed by atoms with Gasteiger partial charge in [-0.15, -0.1) is 5.10 Å². The van der Waals surface area contributed by atoms with Crippen molar-refractivity contribution < 1.29 is 13.2 Å². The van der Waals surface area contributed by atoms with Crippen LogP contribution >= 0.6 is 23.4 Å². The van der Waals surface area contributed by atoms with Crippen LogP contribution in [0.1, 0.15) is 38.9 Å². The van der Waals surface area contributed by atoms with Crippen molar-refractivity contribution in [1.29, 1.82) is 0 Å². The molecule has 0 saturated carbocycles. The van der Waals surface area contributed by atoms with Crippen LogP contribution in [-0.4, -0.2) is 52.2 Å². The molecule has 1 saturated heterocycles. The number of sulfonamides is 1. The van der Waals surface area contributed by atoms with E-state index in [1.165, 1.54) is 34.3 Å². The number of benzene rings is 1. The maximum absolute atomic E-state index is 12.9. The molecule has 0 spiro atoms. The van der Waals surface area contributed by atoms with Gasteiger partial charge in [-0.25, -0.2) is 13.4 Å². The van der Waals surface area contributed by atoms with Crippen LogP contribution in [0, 0.1) is 0 Å². The third-order valence-electron chi connectivity index (χ3n) is 4.65. The number of carbonyl (C=O) groups is 1. The minimum atomic E-state index is -3.61. The van der Waals surface area contributed by atoms with E-state index in [2.05, 4.69) is 20.5 Å². The molecule has 2 heterocycles. The van der Waals surface area contributed by atoms with Crippen LogP contribution in [0.5, 0.6) is 0 Å². The second-order valence-corrected chi connectivity index (χ2v) is 10.4. The fraction of sp³-hybridized carbons (Fsp3) is 0.500. The van der Waals surface area contributed by atoms with Gasteiger partial charge in [-0.05, 0) is 38.0 Å². The van der Waals surface area contributed by atoms with E-state index in [0.717, 1.165) is 31.5 Å². The number of aromatic amines is 1. The van der Waals surface area contributed by atoms with E-state index in [1.807, 2.05) is 6.92 Å². The van der Waals surface area contributed by atoms with E-state index >= 15 is 0 Å². The number of amides is 1. The summed E-state index contributed by atoms with van der Waals surface area (Å²) in [6.07, 6.45) is 3.47. The zero-order chi connectivity index (χ0) is 21.0. The third kappa shape index (κ3) is 5.30. The lowest BCUT2D eigenvalue weighted by atomic mass is 10.2. The van der Waals surface area contributed by atoms with Crippen molar-refractivity contribution in [2.45, 2.75) is 54.8 Å². The molecule has 1 aliphatic heterocycles. The molecule has 1 aromatic heterocycles. The van der Waals surface area contributed by atoms with E-state index < -0.39 is 15.3 Å². The second kappa shape index (κ2) is 9.46. The van der Waals surface area contributed by atoms with Gasteiger partial charge < -0.3 is 5.32 Å². The summed E-state index contributed by atoms with van der Waals surface area (Å²) in [4.78, 5) is 17.0. The van der Waals surface area contributed by atoms with Crippen LogP contribution < -0.4 is 5.32 Å².